The van der Waals surface area contributed by atoms with Gasteiger partial charge in [0, 0.05) is 18.2 Å². The minimum absolute atomic E-state index is 0.116. The molecule has 0 aromatic heterocycles. The van der Waals surface area contributed by atoms with Gasteiger partial charge in [0.1, 0.15) is 23.1 Å². The molecule has 0 aliphatic rings. The van der Waals surface area contributed by atoms with Crippen molar-refractivity contribution in [3.8, 4) is 11.5 Å². The summed E-state index contributed by atoms with van der Waals surface area (Å²) < 4.78 is 31.9. The van der Waals surface area contributed by atoms with Crippen molar-refractivity contribution < 1.29 is 23.4 Å². The van der Waals surface area contributed by atoms with Crippen molar-refractivity contribution >= 4 is 23.6 Å². The molecule has 2 aromatic rings. The second-order valence-electron chi connectivity index (χ2n) is 4.07. The summed E-state index contributed by atoms with van der Waals surface area (Å²) in [5.74, 6) is -1.95. The molecule has 0 fully saturated rings. The van der Waals surface area contributed by atoms with Crippen molar-refractivity contribution in [1.82, 2.24) is 0 Å². The van der Waals surface area contributed by atoms with Crippen LogP contribution in [-0.2, 0) is 4.79 Å². The van der Waals surface area contributed by atoms with Crippen LogP contribution in [0, 0.1) is 11.6 Å². The van der Waals surface area contributed by atoms with Crippen LogP contribution in [0.5, 0.6) is 11.5 Å². The predicted molar refractivity (Wildman–Crippen MR) is 74.6 cm³/mol. The molecule has 0 heterocycles. The average Bonchev–Trinajstić information content (AvgIpc) is 2.40. The molecule has 0 unspecified atom stereocenters. The highest BCUT2D eigenvalue weighted by Crippen LogP contribution is 2.27. The zero-order valence-corrected chi connectivity index (χ0v) is 11.3. The first-order chi connectivity index (χ1) is 9.94. The van der Waals surface area contributed by atoms with E-state index in [-0.39, 0.29) is 16.5 Å². The first-order valence-electron chi connectivity index (χ1n) is 5.78. The number of carboxylic acid groups (broad SMARTS) is 1. The van der Waals surface area contributed by atoms with Gasteiger partial charge in [-0.05, 0) is 35.9 Å². The highest BCUT2D eigenvalue weighted by Gasteiger charge is 2.05. The minimum Gasteiger partial charge on any atom is -0.478 e. The Balaban J connectivity index is 2.27. The van der Waals surface area contributed by atoms with E-state index in [0.29, 0.717) is 5.56 Å². The highest BCUT2D eigenvalue weighted by atomic mass is 35.5. The molecule has 2 rings (SSSR count). The fourth-order valence-corrected chi connectivity index (χ4v) is 1.75. The summed E-state index contributed by atoms with van der Waals surface area (Å²) in [6.07, 6.45) is 2.11. The SMILES string of the molecule is O=C(O)/C=C/c1cc(F)cc(Oc2ccc(F)c(Cl)c2)c1. The standard InChI is InChI=1S/C15H9ClF2O3/c16-13-8-11(2-3-14(13)18)21-12-6-9(1-4-15(19)20)5-10(17)7-12/h1-8H,(H,19,20)/b4-1+. The number of aliphatic carboxylic acids is 1. The third kappa shape index (κ3) is 4.29. The summed E-state index contributed by atoms with van der Waals surface area (Å²) in [6, 6.07) is 7.45. The van der Waals surface area contributed by atoms with Gasteiger partial charge in [-0.2, -0.15) is 0 Å². The molecule has 6 heteroatoms. The lowest BCUT2D eigenvalue weighted by Gasteiger charge is -2.07. The Hall–Kier alpha value is -2.40. The van der Waals surface area contributed by atoms with Crippen LogP contribution in [0.3, 0.4) is 0 Å². The maximum atomic E-state index is 13.5. The van der Waals surface area contributed by atoms with Gasteiger partial charge >= 0.3 is 5.97 Å². The van der Waals surface area contributed by atoms with Gasteiger partial charge in [0.2, 0.25) is 0 Å². The van der Waals surface area contributed by atoms with Crippen LogP contribution in [-0.4, -0.2) is 11.1 Å². The highest BCUT2D eigenvalue weighted by molar-refractivity contribution is 6.30. The van der Waals surface area contributed by atoms with Crippen LogP contribution < -0.4 is 4.74 Å². The summed E-state index contributed by atoms with van der Waals surface area (Å²) in [6.45, 7) is 0. The lowest BCUT2D eigenvalue weighted by molar-refractivity contribution is -0.131. The Morgan fingerprint density at radius 1 is 1.14 bits per heavy atom. The molecule has 0 aliphatic carbocycles. The smallest absolute Gasteiger partial charge is 0.328 e. The lowest BCUT2D eigenvalue weighted by Crippen LogP contribution is -1.89. The molecule has 0 atom stereocenters. The number of ether oxygens (including phenoxy) is 1. The Morgan fingerprint density at radius 3 is 2.57 bits per heavy atom. The van der Waals surface area contributed by atoms with Crippen molar-refractivity contribution in [2.75, 3.05) is 0 Å². The van der Waals surface area contributed by atoms with Crippen molar-refractivity contribution in [2.45, 2.75) is 0 Å². The van der Waals surface area contributed by atoms with Crippen molar-refractivity contribution in [3.05, 3.63) is 64.7 Å². The van der Waals surface area contributed by atoms with E-state index in [1.54, 1.807) is 0 Å². The molecule has 2 aromatic carbocycles. The van der Waals surface area contributed by atoms with E-state index in [4.69, 9.17) is 21.4 Å². The number of hydrogen-bond donors (Lipinski definition) is 1. The van der Waals surface area contributed by atoms with Crippen LogP contribution in [0.2, 0.25) is 5.02 Å². The lowest BCUT2D eigenvalue weighted by atomic mass is 10.2. The van der Waals surface area contributed by atoms with Crippen LogP contribution in [0.25, 0.3) is 6.08 Å². The molecular formula is C15H9ClF2O3. The third-order valence-corrected chi connectivity index (χ3v) is 2.73. The normalized spacial score (nSPS) is 10.8. The van der Waals surface area contributed by atoms with Gasteiger partial charge < -0.3 is 9.84 Å². The summed E-state index contributed by atoms with van der Waals surface area (Å²) in [5, 5.41) is 8.43. The molecule has 0 bridgehead atoms. The summed E-state index contributed by atoms with van der Waals surface area (Å²) >= 11 is 5.62. The molecule has 0 aliphatic heterocycles. The van der Waals surface area contributed by atoms with E-state index < -0.39 is 17.6 Å². The largest absolute Gasteiger partial charge is 0.478 e. The predicted octanol–water partition coefficient (Wildman–Crippen LogP) is 4.51. The monoisotopic (exact) mass is 310 g/mol. The van der Waals surface area contributed by atoms with Gasteiger partial charge in [0.25, 0.3) is 0 Å². The number of halogens is 3. The zero-order valence-electron chi connectivity index (χ0n) is 10.5. The van der Waals surface area contributed by atoms with E-state index in [1.165, 1.54) is 24.3 Å². The van der Waals surface area contributed by atoms with Gasteiger partial charge in [-0.25, -0.2) is 13.6 Å². The van der Waals surface area contributed by atoms with Crippen LogP contribution in [0.1, 0.15) is 5.56 Å². The Bertz CT molecular complexity index is 714. The van der Waals surface area contributed by atoms with Gasteiger partial charge in [-0.15, -0.1) is 0 Å². The third-order valence-electron chi connectivity index (χ3n) is 2.44. The molecular weight excluding hydrogens is 302 g/mol. The van der Waals surface area contributed by atoms with E-state index in [9.17, 15) is 13.6 Å². The molecule has 0 saturated carbocycles. The Morgan fingerprint density at radius 2 is 1.90 bits per heavy atom. The molecule has 0 radical (unpaired) electrons. The van der Waals surface area contributed by atoms with E-state index >= 15 is 0 Å². The van der Waals surface area contributed by atoms with E-state index in [0.717, 1.165) is 24.3 Å². The molecule has 0 saturated heterocycles. The first kappa shape index (κ1) is 15.0. The van der Waals surface area contributed by atoms with Crippen molar-refractivity contribution in [3.63, 3.8) is 0 Å². The molecule has 108 valence electrons. The van der Waals surface area contributed by atoms with Crippen LogP contribution >= 0.6 is 11.6 Å². The number of hydrogen-bond acceptors (Lipinski definition) is 2. The van der Waals surface area contributed by atoms with E-state index in [2.05, 4.69) is 0 Å². The van der Waals surface area contributed by atoms with Gasteiger partial charge in [0.05, 0.1) is 5.02 Å². The van der Waals surface area contributed by atoms with Gasteiger partial charge in [-0.3, -0.25) is 0 Å². The van der Waals surface area contributed by atoms with E-state index in [1.807, 2.05) is 0 Å². The topological polar surface area (TPSA) is 46.5 Å². The summed E-state index contributed by atoms with van der Waals surface area (Å²) in [5.41, 5.74) is 0.320. The van der Waals surface area contributed by atoms with Crippen LogP contribution in [0.4, 0.5) is 8.78 Å². The minimum atomic E-state index is -1.15. The number of rotatable bonds is 4. The quantitative estimate of drug-likeness (QED) is 0.845. The fraction of sp³-hybridized carbons (Fsp3) is 0. The number of carbonyl (C=O) groups is 1. The molecule has 21 heavy (non-hydrogen) atoms. The molecule has 0 amide bonds. The second kappa shape index (κ2) is 6.37. The maximum Gasteiger partial charge on any atom is 0.328 e. The summed E-state index contributed by atoms with van der Waals surface area (Å²) in [7, 11) is 0. The van der Waals surface area contributed by atoms with Gasteiger partial charge in [-0.1, -0.05) is 11.6 Å². The first-order valence-corrected chi connectivity index (χ1v) is 6.16. The van der Waals surface area contributed by atoms with Crippen molar-refractivity contribution in [2.24, 2.45) is 0 Å². The Labute approximate surface area is 124 Å². The molecule has 1 N–H and O–H groups in total. The molecule has 0 spiro atoms. The maximum absolute atomic E-state index is 13.5. The average molecular weight is 311 g/mol. The number of carboxylic acids is 1. The zero-order chi connectivity index (χ0) is 15.4. The van der Waals surface area contributed by atoms with Crippen LogP contribution in [0.15, 0.2) is 42.5 Å². The van der Waals surface area contributed by atoms with Crippen molar-refractivity contribution in [1.29, 1.82) is 0 Å². The second-order valence-corrected chi connectivity index (χ2v) is 4.48. The fourth-order valence-electron chi connectivity index (χ4n) is 1.58. The number of benzene rings is 2. The van der Waals surface area contributed by atoms with Gasteiger partial charge in [0.15, 0.2) is 0 Å². The Kier molecular flexibility index (Phi) is 4.55. The summed E-state index contributed by atoms with van der Waals surface area (Å²) in [4.78, 5) is 10.4. The molecule has 3 nitrogen and oxygen atoms in total.